The minimum absolute atomic E-state index is 0.0410. The fourth-order valence-electron chi connectivity index (χ4n) is 3.68. The largest absolute Gasteiger partial charge is 0.303 e. The Morgan fingerprint density at radius 1 is 1.20 bits per heavy atom. The molecular formula is C22H24N4O2S2. The summed E-state index contributed by atoms with van der Waals surface area (Å²) in [6, 6.07) is 11.5. The van der Waals surface area contributed by atoms with Crippen molar-refractivity contribution < 1.29 is 9.59 Å². The number of nitrogens with zero attached hydrogens (tertiary/aromatic N) is 3. The Kier molecular flexibility index (Phi) is 5.97. The van der Waals surface area contributed by atoms with Gasteiger partial charge in [-0.15, -0.1) is 21.5 Å². The Morgan fingerprint density at radius 3 is 2.60 bits per heavy atom. The van der Waals surface area contributed by atoms with Crippen LogP contribution in [0.25, 0.3) is 0 Å². The van der Waals surface area contributed by atoms with Crippen molar-refractivity contribution in [2.75, 3.05) is 10.2 Å². The van der Waals surface area contributed by atoms with Crippen LogP contribution >= 0.6 is 22.7 Å². The maximum absolute atomic E-state index is 13.3. The van der Waals surface area contributed by atoms with Crippen LogP contribution in [0.5, 0.6) is 0 Å². The highest BCUT2D eigenvalue weighted by Crippen LogP contribution is 2.42. The Hall–Kier alpha value is -2.58. The second-order valence-electron chi connectivity index (χ2n) is 7.79. The summed E-state index contributed by atoms with van der Waals surface area (Å²) >= 11 is 2.97. The first-order valence-electron chi connectivity index (χ1n) is 10.0. The van der Waals surface area contributed by atoms with Crippen molar-refractivity contribution in [1.82, 2.24) is 10.2 Å². The highest BCUT2D eigenvalue weighted by molar-refractivity contribution is 7.15. The topological polar surface area (TPSA) is 75.2 Å². The first-order chi connectivity index (χ1) is 14.4. The average Bonchev–Trinajstić information content (AvgIpc) is 3.40. The van der Waals surface area contributed by atoms with Gasteiger partial charge in [0.2, 0.25) is 16.9 Å². The third-order valence-electron chi connectivity index (χ3n) is 5.25. The molecule has 1 saturated heterocycles. The Bertz CT molecular complexity index is 1030. The number of carbonyl (C=O) groups is 2. The van der Waals surface area contributed by atoms with E-state index in [0.29, 0.717) is 18.0 Å². The predicted octanol–water partition coefficient (Wildman–Crippen LogP) is 5.15. The van der Waals surface area contributed by atoms with E-state index in [0.717, 1.165) is 21.1 Å². The van der Waals surface area contributed by atoms with E-state index in [1.807, 2.05) is 62.5 Å². The van der Waals surface area contributed by atoms with Gasteiger partial charge in [0.1, 0.15) is 5.01 Å². The van der Waals surface area contributed by atoms with Crippen LogP contribution in [0.1, 0.15) is 54.1 Å². The molecule has 0 bridgehead atoms. The molecule has 6 nitrogen and oxygen atoms in total. The first-order valence-corrected chi connectivity index (χ1v) is 11.7. The maximum Gasteiger partial charge on any atom is 0.231 e. The molecule has 1 N–H and O–H groups in total. The number of carbonyl (C=O) groups excluding carboxylic acids is 2. The summed E-state index contributed by atoms with van der Waals surface area (Å²) in [5.41, 5.74) is 1.95. The molecule has 2 atom stereocenters. The van der Waals surface area contributed by atoms with Gasteiger partial charge in [-0.05, 0) is 36.9 Å². The van der Waals surface area contributed by atoms with Crippen LogP contribution in [0.4, 0.5) is 10.8 Å². The standard InChI is InChI=1S/C22H24N4O2S2/c1-13(2)21-24-25-22(30-21)23-20(28)16-10-11-18(27)26(15-8-6-14(3)7-9-15)19(16)17-5-4-12-29-17/h4-9,12-13,16,19H,10-11H2,1-3H3,(H,23,25,28)/t16-,19-/m1/s1. The first kappa shape index (κ1) is 20.7. The van der Waals surface area contributed by atoms with Gasteiger partial charge in [0.05, 0.1) is 12.0 Å². The summed E-state index contributed by atoms with van der Waals surface area (Å²) < 4.78 is 0. The minimum atomic E-state index is -0.367. The molecule has 0 saturated carbocycles. The van der Waals surface area contributed by atoms with E-state index in [9.17, 15) is 9.59 Å². The molecular weight excluding hydrogens is 416 g/mol. The molecule has 1 aliphatic rings. The Labute approximate surface area is 184 Å². The van der Waals surface area contributed by atoms with Crippen molar-refractivity contribution in [2.45, 2.75) is 45.6 Å². The SMILES string of the molecule is Cc1ccc(N2C(=O)CC[C@@H](C(=O)Nc3nnc(C(C)C)s3)[C@@H]2c2cccs2)cc1. The quantitative estimate of drug-likeness (QED) is 0.595. The number of anilines is 2. The van der Waals surface area contributed by atoms with Gasteiger partial charge < -0.3 is 10.2 Å². The summed E-state index contributed by atoms with van der Waals surface area (Å²) in [6.45, 7) is 6.11. The lowest BCUT2D eigenvalue weighted by Crippen LogP contribution is -2.46. The molecule has 156 valence electrons. The number of hydrogen-bond acceptors (Lipinski definition) is 6. The summed E-state index contributed by atoms with van der Waals surface area (Å²) in [4.78, 5) is 29.0. The molecule has 30 heavy (non-hydrogen) atoms. The van der Waals surface area contributed by atoms with Gasteiger partial charge in [0.25, 0.3) is 0 Å². The second-order valence-corrected chi connectivity index (χ2v) is 9.78. The molecule has 3 aromatic rings. The zero-order valence-electron chi connectivity index (χ0n) is 17.2. The molecule has 1 aromatic carbocycles. The van der Waals surface area contributed by atoms with Crippen molar-refractivity contribution in [2.24, 2.45) is 5.92 Å². The van der Waals surface area contributed by atoms with E-state index in [2.05, 4.69) is 15.5 Å². The zero-order valence-corrected chi connectivity index (χ0v) is 18.8. The fraction of sp³-hybridized carbons (Fsp3) is 0.364. The Morgan fingerprint density at radius 2 is 1.97 bits per heavy atom. The molecule has 0 aliphatic carbocycles. The summed E-state index contributed by atoms with van der Waals surface area (Å²) in [5, 5.41) is 14.6. The van der Waals surface area contributed by atoms with Crippen molar-refractivity contribution in [3.8, 4) is 0 Å². The lowest BCUT2D eigenvalue weighted by molar-refractivity contribution is -0.125. The highest BCUT2D eigenvalue weighted by atomic mass is 32.1. The van der Waals surface area contributed by atoms with Crippen molar-refractivity contribution in [3.05, 3.63) is 57.2 Å². The molecule has 4 rings (SSSR count). The van der Waals surface area contributed by atoms with Crippen LogP contribution in [0.2, 0.25) is 0 Å². The van der Waals surface area contributed by atoms with Gasteiger partial charge in [0, 0.05) is 22.9 Å². The maximum atomic E-state index is 13.3. The van der Waals surface area contributed by atoms with E-state index in [1.165, 1.54) is 11.3 Å². The van der Waals surface area contributed by atoms with E-state index in [1.54, 1.807) is 16.2 Å². The van der Waals surface area contributed by atoms with Crippen LogP contribution < -0.4 is 10.2 Å². The van der Waals surface area contributed by atoms with Crippen LogP contribution in [-0.2, 0) is 9.59 Å². The molecule has 0 spiro atoms. The summed E-state index contributed by atoms with van der Waals surface area (Å²) in [6.07, 6.45) is 0.840. The number of piperidine rings is 1. The van der Waals surface area contributed by atoms with Gasteiger partial charge in [-0.3, -0.25) is 9.59 Å². The number of amides is 2. The molecule has 0 radical (unpaired) electrons. The molecule has 0 unspecified atom stereocenters. The average molecular weight is 441 g/mol. The molecule has 2 amide bonds. The van der Waals surface area contributed by atoms with E-state index < -0.39 is 0 Å². The van der Waals surface area contributed by atoms with Gasteiger partial charge in [0.15, 0.2) is 0 Å². The predicted molar refractivity (Wildman–Crippen MR) is 121 cm³/mol. The lowest BCUT2D eigenvalue weighted by Gasteiger charge is -2.40. The molecule has 1 aliphatic heterocycles. The molecule has 2 aromatic heterocycles. The van der Waals surface area contributed by atoms with Crippen LogP contribution in [0.3, 0.4) is 0 Å². The number of aromatic nitrogens is 2. The van der Waals surface area contributed by atoms with Gasteiger partial charge in [-0.1, -0.05) is 48.9 Å². The third kappa shape index (κ3) is 4.15. The molecule has 1 fully saturated rings. The minimum Gasteiger partial charge on any atom is -0.303 e. The number of nitrogens with one attached hydrogen (secondary N) is 1. The summed E-state index contributed by atoms with van der Waals surface area (Å²) in [5.74, 6) is -0.186. The van der Waals surface area contributed by atoms with E-state index >= 15 is 0 Å². The van der Waals surface area contributed by atoms with Crippen LogP contribution in [0, 0.1) is 12.8 Å². The van der Waals surface area contributed by atoms with Gasteiger partial charge in [-0.25, -0.2) is 0 Å². The smallest absolute Gasteiger partial charge is 0.231 e. The van der Waals surface area contributed by atoms with E-state index in [-0.39, 0.29) is 29.7 Å². The second kappa shape index (κ2) is 8.65. The van der Waals surface area contributed by atoms with Crippen molar-refractivity contribution >= 4 is 45.3 Å². The lowest BCUT2D eigenvalue weighted by atomic mass is 9.86. The molecule has 8 heteroatoms. The number of thiophene rings is 1. The van der Waals surface area contributed by atoms with Crippen LogP contribution in [0.15, 0.2) is 41.8 Å². The van der Waals surface area contributed by atoms with Gasteiger partial charge >= 0.3 is 0 Å². The fourth-order valence-corrected chi connectivity index (χ4v) is 5.31. The normalized spacial score (nSPS) is 19.3. The Balaban J connectivity index is 1.66. The number of benzene rings is 1. The third-order valence-corrected chi connectivity index (χ3v) is 7.33. The highest BCUT2D eigenvalue weighted by Gasteiger charge is 2.42. The number of rotatable bonds is 5. The number of aryl methyl sites for hydroxylation is 1. The van der Waals surface area contributed by atoms with Crippen LogP contribution in [-0.4, -0.2) is 22.0 Å². The monoisotopic (exact) mass is 440 g/mol. The van der Waals surface area contributed by atoms with Crippen molar-refractivity contribution in [3.63, 3.8) is 0 Å². The number of hydrogen-bond donors (Lipinski definition) is 1. The van der Waals surface area contributed by atoms with Gasteiger partial charge in [-0.2, -0.15) is 0 Å². The summed E-state index contributed by atoms with van der Waals surface area (Å²) in [7, 11) is 0. The van der Waals surface area contributed by atoms with Crippen molar-refractivity contribution in [1.29, 1.82) is 0 Å². The van der Waals surface area contributed by atoms with E-state index in [4.69, 9.17) is 0 Å². The zero-order chi connectivity index (χ0) is 21.3. The molecule has 3 heterocycles.